The van der Waals surface area contributed by atoms with Crippen LogP contribution in [0.25, 0.3) is 0 Å². The summed E-state index contributed by atoms with van der Waals surface area (Å²) in [6.07, 6.45) is 0.232. The van der Waals surface area contributed by atoms with Gasteiger partial charge in [0.15, 0.2) is 0 Å². The van der Waals surface area contributed by atoms with Crippen LogP contribution in [0, 0.1) is 0 Å². The number of hydrogen-bond donors (Lipinski definition) is 3. The van der Waals surface area contributed by atoms with Gasteiger partial charge in [-0.25, -0.2) is 0 Å². The summed E-state index contributed by atoms with van der Waals surface area (Å²) in [6.45, 7) is 2.50. The molecule has 0 spiro atoms. The molecule has 1 amide bonds. The van der Waals surface area contributed by atoms with E-state index in [1.54, 1.807) is 32.2 Å². The molecular weight excluding hydrogens is 246 g/mol. The number of nitrogens with one attached hydrogen (secondary N) is 2. The fourth-order valence-corrected chi connectivity index (χ4v) is 1.57. The minimum atomic E-state index is -0.277. The highest BCUT2D eigenvalue weighted by Crippen LogP contribution is 2.19. The summed E-state index contributed by atoms with van der Waals surface area (Å²) < 4.78 is 4.82. The van der Waals surface area contributed by atoms with E-state index in [2.05, 4.69) is 10.6 Å². The molecule has 0 saturated heterocycles. The van der Waals surface area contributed by atoms with E-state index in [4.69, 9.17) is 10.5 Å². The number of esters is 1. The third-order valence-corrected chi connectivity index (χ3v) is 2.47. The van der Waals surface area contributed by atoms with Crippen LogP contribution in [0.3, 0.4) is 0 Å². The summed E-state index contributed by atoms with van der Waals surface area (Å²) in [6, 6.07) is 4.96. The van der Waals surface area contributed by atoms with Crippen molar-refractivity contribution in [2.24, 2.45) is 0 Å². The van der Waals surface area contributed by atoms with E-state index in [1.807, 2.05) is 0 Å². The molecule has 1 aromatic rings. The third-order valence-electron chi connectivity index (χ3n) is 2.47. The van der Waals surface area contributed by atoms with Crippen molar-refractivity contribution in [1.82, 2.24) is 5.32 Å². The van der Waals surface area contributed by atoms with Crippen LogP contribution >= 0.6 is 0 Å². The summed E-state index contributed by atoms with van der Waals surface area (Å²) in [5.41, 5.74) is 7.32. The van der Waals surface area contributed by atoms with Gasteiger partial charge in [0.1, 0.15) is 0 Å². The molecule has 0 heterocycles. The molecule has 4 N–H and O–H groups in total. The fraction of sp³-hybridized carbons (Fsp3) is 0.385. The second-order valence-corrected chi connectivity index (χ2v) is 3.87. The largest absolute Gasteiger partial charge is 0.466 e. The zero-order chi connectivity index (χ0) is 14.3. The van der Waals surface area contributed by atoms with Gasteiger partial charge in [0, 0.05) is 25.0 Å². The molecule has 0 fully saturated rings. The molecule has 6 nitrogen and oxygen atoms in total. The summed E-state index contributed by atoms with van der Waals surface area (Å²) in [7, 11) is 1.56. The monoisotopic (exact) mass is 265 g/mol. The van der Waals surface area contributed by atoms with Gasteiger partial charge in [0.05, 0.1) is 18.6 Å². The van der Waals surface area contributed by atoms with E-state index in [0.717, 1.165) is 0 Å². The normalized spacial score (nSPS) is 9.79. The van der Waals surface area contributed by atoms with Crippen molar-refractivity contribution in [2.75, 3.05) is 31.2 Å². The molecule has 104 valence electrons. The minimum absolute atomic E-state index is 0.210. The maximum absolute atomic E-state index is 11.7. The zero-order valence-corrected chi connectivity index (χ0v) is 11.2. The van der Waals surface area contributed by atoms with E-state index in [1.165, 1.54) is 0 Å². The maximum Gasteiger partial charge on any atom is 0.307 e. The molecule has 0 saturated carbocycles. The lowest BCUT2D eigenvalue weighted by Gasteiger charge is -2.11. The fourth-order valence-electron chi connectivity index (χ4n) is 1.57. The Kier molecular flexibility index (Phi) is 5.66. The molecule has 0 aliphatic carbocycles. The SMILES string of the molecule is CCOC(=O)CCNc1cc(N)ccc1C(=O)NC. The quantitative estimate of drug-likeness (QED) is 0.527. The topological polar surface area (TPSA) is 93.4 Å². The Bertz CT molecular complexity index is 460. The van der Waals surface area contributed by atoms with Crippen molar-refractivity contribution in [3.63, 3.8) is 0 Å². The van der Waals surface area contributed by atoms with Gasteiger partial charge in [-0.1, -0.05) is 0 Å². The molecule has 1 aromatic carbocycles. The molecule has 0 atom stereocenters. The Balaban J connectivity index is 2.68. The Hall–Kier alpha value is -2.24. The van der Waals surface area contributed by atoms with Gasteiger partial charge in [0.2, 0.25) is 0 Å². The maximum atomic E-state index is 11.7. The standard InChI is InChI=1S/C13H19N3O3/c1-3-19-12(17)6-7-16-11-8-9(14)4-5-10(11)13(18)15-2/h4-5,8,16H,3,6-7,14H2,1-2H3,(H,15,18). The predicted molar refractivity (Wildman–Crippen MR) is 74.0 cm³/mol. The van der Waals surface area contributed by atoms with Crippen LogP contribution in [0.5, 0.6) is 0 Å². The van der Waals surface area contributed by atoms with Gasteiger partial charge < -0.3 is 21.1 Å². The lowest BCUT2D eigenvalue weighted by Crippen LogP contribution is -2.20. The van der Waals surface area contributed by atoms with Crippen LogP contribution in [-0.2, 0) is 9.53 Å². The van der Waals surface area contributed by atoms with Crippen molar-refractivity contribution >= 4 is 23.3 Å². The number of benzene rings is 1. The first-order valence-corrected chi connectivity index (χ1v) is 6.09. The van der Waals surface area contributed by atoms with Gasteiger partial charge in [0.25, 0.3) is 5.91 Å². The van der Waals surface area contributed by atoms with E-state index in [0.29, 0.717) is 30.1 Å². The molecular formula is C13H19N3O3. The second kappa shape index (κ2) is 7.25. The van der Waals surface area contributed by atoms with Gasteiger partial charge in [-0.2, -0.15) is 0 Å². The van der Waals surface area contributed by atoms with Crippen molar-refractivity contribution in [3.8, 4) is 0 Å². The Morgan fingerprint density at radius 3 is 2.74 bits per heavy atom. The third kappa shape index (κ3) is 4.50. The number of hydrogen-bond acceptors (Lipinski definition) is 5. The minimum Gasteiger partial charge on any atom is -0.466 e. The number of rotatable bonds is 6. The molecule has 0 aromatic heterocycles. The average Bonchev–Trinajstić information content (AvgIpc) is 2.38. The van der Waals surface area contributed by atoms with E-state index >= 15 is 0 Å². The molecule has 0 aliphatic rings. The number of carbonyl (C=O) groups is 2. The highest BCUT2D eigenvalue weighted by molar-refractivity contribution is 6.00. The van der Waals surface area contributed by atoms with Crippen molar-refractivity contribution in [1.29, 1.82) is 0 Å². The van der Waals surface area contributed by atoms with Crippen LogP contribution in [0.15, 0.2) is 18.2 Å². The summed E-state index contributed by atoms with van der Waals surface area (Å²) in [5, 5.41) is 5.57. The van der Waals surface area contributed by atoms with E-state index < -0.39 is 0 Å². The van der Waals surface area contributed by atoms with Crippen molar-refractivity contribution < 1.29 is 14.3 Å². The van der Waals surface area contributed by atoms with Crippen LogP contribution in [0.2, 0.25) is 0 Å². The Labute approximate surface area is 112 Å². The Morgan fingerprint density at radius 1 is 1.37 bits per heavy atom. The van der Waals surface area contributed by atoms with Gasteiger partial charge in [-0.3, -0.25) is 9.59 Å². The molecule has 19 heavy (non-hydrogen) atoms. The number of nitrogen functional groups attached to an aromatic ring is 1. The summed E-state index contributed by atoms with van der Waals surface area (Å²) in [5.74, 6) is -0.487. The first-order chi connectivity index (χ1) is 9.08. The van der Waals surface area contributed by atoms with Crippen LogP contribution in [-0.4, -0.2) is 32.1 Å². The van der Waals surface area contributed by atoms with Crippen LogP contribution in [0.1, 0.15) is 23.7 Å². The molecule has 0 radical (unpaired) electrons. The number of anilines is 2. The first kappa shape index (κ1) is 14.8. The molecule has 6 heteroatoms. The lowest BCUT2D eigenvalue weighted by atomic mass is 10.1. The second-order valence-electron chi connectivity index (χ2n) is 3.87. The van der Waals surface area contributed by atoms with Crippen molar-refractivity contribution in [2.45, 2.75) is 13.3 Å². The highest BCUT2D eigenvalue weighted by atomic mass is 16.5. The van der Waals surface area contributed by atoms with Gasteiger partial charge in [-0.15, -0.1) is 0 Å². The lowest BCUT2D eigenvalue weighted by molar-refractivity contribution is -0.142. The molecule has 0 unspecified atom stereocenters. The smallest absolute Gasteiger partial charge is 0.307 e. The van der Waals surface area contributed by atoms with Crippen LogP contribution < -0.4 is 16.4 Å². The van der Waals surface area contributed by atoms with E-state index in [9.17, 15) is 9.59 Å². The Morgan fingerprint density at radius 2 is 2.11 bits per heavy atom. The van der Waals surface area contributed by atoms with Gasteiger partial charge in [-0.05, 0) is 25.1 Å². The van der Waals surface area contributed by atoms with Crippen LogP contribution in [0.4, 0.5) is 11.4 Å². The molecule has 0 bridgehead atoms. The van der Waals surface area contributed by atoms with Gasteiger partial charge >= 0.3 is 5.97 Å². The van der Waals surface area contributed by atoms with Crippen molar-refractivity contribution in [3.05, 3.63) is 23.8 Å². The predicted octanol–water partition coefficient (Wildman–Crippen LogP) is 0.994. The molecule has 0 aliphatic heterocycles. The zero-order valence-electron chi connectivity index (χ0n) is 11.2. The number of ether oxygens (including phenoxy) is 1. The number of amides is 1. The highest BCUT2D eigenvalue weighted by Gasteiger charge is 2.10. The average molecular weight is 265 g/mol. The van der Waals surface area contributed by atoms with E-state index in [-0.39, 0.29) is 18.3 Å². The number of nitrogens with two attached hydrogens (primary N) is 1. The first-order valence-electron chi connectivity index (χ1n) is 6.09. The summed E-state index contributed by atoms with van der Waals surface area (Å²) in [4.78, 5) is 22.9. The number of carbonyl (C=O) groups excluding carboxylic acids is 2. The molecule has 1 rings (SSSR count). The summed E-state index contributed by atoms with van der Waals surface area (Å²) >= 11 is 0.